The smallest absolute Gasteiger partial charge is 0.130 e. The van der Waals surface area contributed by atoms with Crippen molar-refractivity contribution in [2.75, 3.05) is 0 Å². The van der Waals surface area contributed by atoms with Crippen molar-refractivity contribution in [3.8, 4) is 5.75 Å². The largest absolute Gasteiger partial charge is 0.487 e. The van der Waals surface area contributed by atoms with Crippen LogP contribution in [0, 0.1) is 5.92 Å². The van der Waals surface area contributed by atoms with E-state index in [1.165, 1.54) is 30.4 Å². The van der Waals surface area contributed by atoms with Crippen molar-refractivity contribution in [3.63, 3.8) is 0 Å². The molecule has 0 aliphatic heterocycles. The molecule has 0 bridgehead atoms. The van der Waals surface area contributed by atoms with Gasteiger partial charge in [0.2, 0.25) is 0 Å². The molecule has 1 aliphatic rings. The lowest BCUT2D eigenvalue weighted by atomic mass is 9.75. The number of nitrogens with zero attached hydrogens (tertiary/aromatic N) is 1. The molecule has 2 heteroatoms. The number of pyridine rings is 1. The zero-order valence-corrected chi connectivity index (χ0v) is 12.9. The van der Waals surface area contributed by atoms with Gasteiger partial charge in [0.1, 0.15) is 12.4 Å². The van der Waals surface area contributed by atoms with E-state index in [0.29, 0.717) is 12.5 Å². The van der Waals surface area contributed by atoms with Crippen LogP contribution >= 0.6 is 0 Å². The second kappa shape index (κ2) is 6.30. The number of aromatic nitrogens is 1. The highest BCUT2D eigenvalue weighted by molar-refractivity contribution is 5.39. The summed E-state index contributed by atoms with van der Waals surface area (Å²) in [5.74, 6) is 2.46. The molecule has 21 heavy (non-hydrogen) atoms. The molecule has 2 unspecified atom stereocenters. The fourth-order valence-electron chi connectivity index (χ4n) is 3.40. The van der Waals surface area contributed by atoms with Gasteiger partial charge >= 0.3 is 0 Å². The summed E-state index contributed by atoms with van der Waals surface area (Å²) in [6.45, 7) is 5.21. The first-order valence-corrected chi connectivity index (χ1v) is 7.93. The molecule has 0 N–H and O–H groups in total. The third kappa shape index (κ3) is 3.10. The van der Waals surface area contributed by atoms with Gasteiger partial charge in [-0.25, -0.2) is 0 Å². The van der Waals surface area contributed by atoms with Crippen molar-refractivity contribution in [1.82, 2.24) is 4.98 Å². The molecular weight excluding hydrogens is 258 g/mol. The fraction of sp³-hybridized carbons (Fsp3) is 0.421. The van der Waals surface area contributed by atoms with Crippen molar-refractivity contribution in [3.05, 3.63) is 59.4 Å². The monoisotopic (exact) mass is 281 g/mol. The Morgan fingerprint density at radius 2 is 2.14 bits per heavy atom. The lowest BCUT2D eigenvalue weighted by Gasteiger charge is -2.31. The number of aryl methyl sites for hydroxylation is 1. The lowest BCUT2D eigenvalue weighted by Crippen LogP contribution is -2.17. The highest BCUT2D eigenvalue weighted by Crippen LogP contribution is 2.39. The van der Waals surface area contributed by atoms with Gasteiger partial charge in [-0.15, -0.1) is 0 Å². The van der Waals surface area contributed by atoms with Crippen molar-refractivity contribution in [2.24, 2.45) is 5.92 Å². The number of hydrogen-bond acceptors (Lipinski definition) is 2. The van der Waals surface area contributed by atoms with E-state index < -0.39 is 0 Å². The van der Waals surface area contributed by atoms with Gasteiger partial charge in [-0.1, -0.05) is 26.0 Å². The molecule has 0 saturated heterocycles. The van der Waals surface area contributed by atoms with Gasteiger partial charge in [0.15, 0.2) is 0 Å². The van der Waals surface area contributed by atoms with Gasteiger partial charge in [-0.05, 0) is 66.5 Å². The summed E-state index contributed by atoms with van der Waals surface area (Å²) in [4.78, 5) is 4.29. The summed E-state index contributed by atoms with van der Waals surface area (Å²) in [5.41, 5.74) is 3.97. The quantitative estimate of drug-likeness (QED) is 0.807. The van der Waals surface area contributed by atoms with Crippen LogP contribution in [-0.2, 0) is 13.0 Å². The van der Waals surface area contributed by atoms with Crippen LogP contribution in [-0.4, -0.2) is 4.98 Å². The Kier molecular flexibility index (Phi) is 4.23. The van der Waals surface area contributed by atoms with Crippen LogP contribution in [0.5, 0.6) is 5.75 Å². The van der Waals surface area contributed by atoms with Crippen molar-refractivity contribution in [1.29, 1.82) is 0 Å². The van der Waals surface area contributed by atoms with E-state index in [-0.39, 0.29) is 0 Å². The highest BCUT2D eigenvalue weighted by atomic mass is 16.5. The molecule has 0 fully saturated rings. The van der Waals surface area contributed by atoms with Gasteiger partial charge in [0, 0.05) is 6.20 Å². The van der Waals surface area contributed by atoms with E-state index in [9.17, 15) is 0 Å². The predicted molar refractivity (Wildman–Crippen MR) is 85.5 cm³/mol. The molecule has 0 spiro atoms. The molecule has 2 nitrogen and oxygen atoms in total. The van der Waals surface area contributed by atoms with Crippen molar-refractivity contribution < 1.29 is 4.74 Å². The maximum absolute atomic E-state index is 5.89. The minimum atomic E-state index is 0.535. The first kappa shape index (κ1) is 14.1. The van der Waals surface area contributed by atoms with E-state index in [0.717, 1.165) is 17.4 Å². The lowest BCUT2D eigenvalue weighted by molar-refractivity contribution is 0.300. The van der Waals surface area contributed by atoms with Crippen LogP contribution in [0.2, 0.25) is 0 Å². The summed E-state index contributed by atoms with van der Waals surface area (Å²) < 4.78 is 5.89. The average Bonchev–Trinajstić information content (AvgIpc) is 2.54. The van der Waals surface area contributed by atoms with Crippen LogP contribution in [0.3, 0.4) is 0 Å². The standard InChI is InChI=1S/C19H23NO/c1-3-18-14(2)7-8-15-12-17(9-10-19(15)18)21-13-16-6-4-5-11-20-16/h4-6,9-12,14,18H,3,7-8,13H2,1-2H3. The topological polar surface area (TPSA) is 22.1 Å². The molecule has 1 heterocycles. The molecule has 1 aliphatic carbocycles. The number of rotatable bonds is 4. The van der Waals surface area contributed by atoms with Crippen molar-refractivity contribution in [2.45, 2.75) is 45.6 Å². The average molecular weight is 281 g/mol. The first-order valence-electron chi connectivity index (χ1n) is 7.93. The molecule has 2 aromatic rings. The van der Waals surface area contributed by atoms with Gasteiger partial charge in [0.25, 0.3) is 0 Å². The summed E-state index contributed by atoms with van der Waals surface area (Å²) in [6.07, 6.45) is 5.49. The third-order valence-corrected chi connectivity index (χ3v) is 4.62. The van der Waals surface area contributed by atoms with Crippen LogP contribution in [0.15, 0.2) is 42.6 Å². The zero-order valence-electron chi connectivity index (χ0n) is 12.9. The molecule has 1 aromatic carbocycles. The molecule has 0 radical (unpaired) electrons. The molecule has 2 atom stereocenters. The SMILES string of the molecule is CCC1c2ccc(OCc3ccccn3)cc2CCC1C. The third-order valence-electron chi connectivity index (χ3n) is 4.62. The molecule has 0 saturated carbocycles. The Hall–Kier alpha value is -1.83. The van der Waals surface area contributed by atoms with E-state index in [1.54, 1.807) is 6.20 Å². The molecule has 0 amide bonds. The Bertz CT molecular complexity index is 594. The maximum atomic E-state index is 5.89. The second-order valence-corrected chi connectivity index (χ2v) is 6.00. The van der Waals surface area contributed by atoms with Gasteiger partial charge in [-0.2, -0.15) is 0 Å². The van der Waals surface area contributed by atoms with E-state index in [1.807, 2.05) is 18.2 Å². The summed E-state index contributed by atoms with van der Waals surface area (Å²) in [5, 5.41) is 0. The summed E-state index contributed by atoms with van der Waals surface area (Å²) in [7, 11) is 0. The number of benzene rings is 1. The highest BCUT2D eigenvalue weighted by Gasteiger charge is 2.25. The molecular formula is C19H23NO. The van der Waals surface area contributed by atoms with E-state index in [4.69, 9.17) is 4.74 Å². The van der Waals surface area contributed by atoms with Crippen LogP contribution < -0.4 is 4.74 Å². The second-order valence-electron chi connectivity index (χ2n) is 6.00. The van der Waals surface area contributed by atoms with E-state index >= 15 is 0 Å². The Balaban J connectivity index is 1.74. The molecule has 3 rings (SSSR count). The maximum Gasteiger partial charge on any atom is 0.130 e. The summed E-state index contributed by atoms with van der Waals surface area (Å²) >= 11 is 0. The molecule has 1 aromatic heterocycles. The van der Waals surface area contributed by atoms with Crippen LogP contribution in [0.1, 0.15) is 49.4 Å². The zero-order chi connectivity index (χ0) is 14.7. The minimum absolute atomic E-state index is 0.535. The number of ether oxygens (including phenoxy) is 1. The molecule has 110 valence electrons. The van der Waals surface area contributed by atoms with Crippen molar-refractivity contribution >= 4 is 0 Å². The Labute approximate surface area is 127 Å². The number of hydrogen-bond donors (Lipinski definition) is 0. The summed E-state index contributed by atoms with van der Waals surface area (Å²) in [6, 6.07) is 12.5. The van der Waals surface area contributed by atoms with Crippen LogP contribution in [0.25, 0.3) is 0 Å². The van der Waals surface area contributed by atoms with Gasteiger partial charge < -0.3 is 4.74 Å². The first-order chi connectivity index (χ1) is 10.3. The fourth-order valence-corrected chi connectivity index (χ4v) is 3.40. The predicted octanol–water partition coefficient (Wildman–Crippen LogP) is 4.74. The Morgan fingerprint density at radius 1 is 1.24 bits per heavy atom. The number of fused-ring (bicyclic) bond motifs is 1. The van der Waals surface area contributed by atoms with E-state index in [2.05, 4.69) is 37.0 Å². The Morgan fingerprint density at radius 3 is 2.90 bits per heavy atom. The normalized spacial score (nSPS) is 20.9. The van der Waals surface area contributed by atoms with Crippen LogP contribution in [0.4, 0.5) is 0 Å². The van der Waals surface area contributed by atoms with Gasteiger partial charge in [0.05, 0.1) is 5.69 Å². The van der Waals surface area contributed by atoms with Gasteiger partial charge in [-0.3, -0.25) is 4.98 Å². The minimum Gasteiger partial charge on any atom is -0.487 e.